The van der Waals surface area contributed by atoms with Crippen molar-refractivity contribution in [3.63, 3.8) is 0 Å². The third-order valence-electron chi connectivity index (χ3n) is 3.92. The van der Waals surface area contributed by atoms with E-state index in [1.54, 1.807) is 23.1 Å². The lowest BCUT2D eigenvalue weighted by Crippen LogP contribution is -2.40. The molecule has 2 rings (SSSR count). The molecule has 1 aromatic rings. The van der Waals surface area contributed by atoms with Gasteiger partial charge in [0, 0.05) is 25.2 Å². The fourth-order valence-electron chi connectivity index (χ4n) is 2.80. The van der Waals surface area contributed by atoms with Crippen LogP contribution in [-0.2, 0) is 21.2 Å². The third-order valence-corrected chi connectivity index (χ3v) is 4.43. The molecule has 1 fully saturated rings. The maximum atomic E-state index is 13.6. The molecule has 1 saturated heterocycles. The van der Waals surface area contributed by atoms with E-state index in [1.165, 1.54) is 12.3 Å². The minimum Gasteiger partial charge on any atom is -0.335 e. The summed E-state index contributed by atoms with van der Waals surface area (Å²) in [5.74, 6) is -0.499. The van der Waals surface area contributed by atoms with E-state index in [4.69, 9.17) is 5.73 Å². The zero-order chi connectivity index (χ0) is 17.7. The molecule has 24 heavy (non-hydrogen) atoms. The van der Waals surface area contributed by atoms with E-state index >= 15 is 0 Å². The maximum absolute atomic E-state index is 13.6. The number of hydrogen-bond donors (Lipinski definition) is 1. The van der Waals surface area contributed by atoms with Crippen molar-refractivity contribution in [2.24, 2.45) is 10.1 Å². The molecule has 6 nitrogen and oxygen atoms in total. The number of halogens is 1. The number of nitrogens with zero attached hydrogens (tertiary/aromatic N) is 2. The molecule has 0 bridgehead atoms. The summed E-state index contributed by atoms with van der Waals surface area (Å²) in [7, 11) is -3.46. The first-order valence-corrected chi connectivity index (χ1v) is 9.65. The molecule has 1 heterocycles. The molecule has 1 aliphatic rings. The van der Waals surface area contributed by atoms with Crippen molar-refractivity contribution in [1.82, 2.24) is 4.90 Å². The van der Waals surface area contributed by atoms with Crippen LogP contribution in [0.3, 0.4) is 0 Å². The fraction of sp³-hybridized carbons (Fsp3) is 0.500. The standard InChI is InChI=1S/C16H22FN3O3S/c1-24(22,23)19-11-14-6-4-8-20(14)16(21)10-13(18)9-12-5-2-3-7-15(12)17/h2-3,5,7,11,13-14H,4,6,8-10,18H2,1H3/b19-11+/t13-,14+/m1/s1. The molecular weight excluding hydrogens is 333 g/mol. The predicted octanol–water partition coefficient (Wildman–Crippen LogP) is 1.11. The van der Waals surface area contributed by atoms with Gasteiger partial charge in [-0.2, -0.15) is 4.40 Å². The predicted molar refractivity (Wildman–Crippen MR) is 90.8 cm³/mol. The molecule has 8 heteroatoms. The van der Waals surface area contributed by atoms with Crippen molar-refractivity contribution >= 4 is 22.1 Å². The van der Waals surface area contributed by atoms with Crippen LogP contribution < -0.4 is 5.73 Å². The first kappa shape index (κ1) is 18.5. The summed E-state index contributed by atoms with van der Waals surface area (Å²) < 4.78 is 39.4. The van der Waals surface area contributed by atoms with Crippen molar-refractivity contribution in [2.75, 3.05) is 12.8 Å². The van der Waals surface area contributed by atoms with Crippen molar-refractivity contribution < 1.29 is 17.6 Å². The molecule has 0 saturated carbocycles. The Bertz CT molecular complexity index is 721. The fourth-order valence-corrected chi connectivity index (χ4v) is 3.16. The lowest BCUT2D eigenvalue weighted by Gasteiger charge is -2.23. The first-order valence-electron chi connectivity index (χ1n) is 7.80. The van der Waals surface area contributed by atoms with Crippen LogP contribution in [-0.4, -0.2) is 50.3 Å². The zero-order valence-electron chi connectivity index (χ0n) is 13.6. The van der Waals surface area contributed by atoms with E-state index in [0.29, 0.717) is 18.5 Å². The van der Waals surface area contributed by atoms with Crippen molar-refractivity contribution in [1.29, 1.82) is 0 Å². The Labute approximate surface area is 141 Å². The normalized spacial score (nSPS) is 19.8. The summed E-state index contributed by atoms with van der Waals surface area (Å²) in [6.45, 7) is 0.547. The van der Waals surface area contributed by atoms with Crippen LogP contribution in [0.2, 0.25) is 0 Å². The summed E-state index contributed by atoms with van der Waals surface area (Å²) >= 11 is 0. The summed E-state index contributed by atoms with van der Waals surface area (Å²) in [6.07, 6.45) is 4.13. The Balaban J connectivity index is 1.95. The average molecular weight is 355 g/mol. The quantitative estimate of drug-likeness (QED) is 0.774. The first-order chi connectivity index (χ1) is 11.3. The van der Waals surface area contributed by atoms with Gasteiger partial charge in [0.2, 0.25) is 15.9 Å². The minimum absolute atomic E-state index is 0.0809. The molecule has 1 aromatic carbocycles. The second kappa shape index (κ2) is 7.85. The number of nitrogens with two attached hydrogens (primary N) is 1. The van der Waals surface area contributed by atoms with E-state index in [1.807, 2.05) is 0 Å². The maximum Gasteiger partial charge on any atom is 0.249 e. The zero-order valence-corrected chi connectivity index (χ0v) is 14.4. The lowest BCUT2D eigenvalue weighted by atomic mass is 10.0. The van der Waals surface area contributed by atoms with Gasteiger partial charge in [0.25, 0.3) is 0 Å². The second-order valence-electron chi connectivity index (χ2n) is 6.04. The van der Waals surface area contributed by atoms with Crippen LogP contribution in [0.15, 0.2) is 28.7 Å². The van der Waals surface area contributed by atoms with E-state index in [9.17, 15) is 17.6 Å². The molecule has 132 valence electrons. The number of sulfonamides is 1. The second-order valence-corrected chi connectivity index (χ2v) is 7.72. The van der Waals surface area contributed by atoms with E-state index in [0.717, 1.165) is 12.7 Å². The Kier molecular flexibility index (Phi) is 6.06. The van der Waals surface area contributed by atoms with Crippen LogP contribution in [0.1, 0.15) is 24.8 Å². The number of benzene rings is 1. The van der Waals surface area contributed by atoms with Gasteiger partial charge in [-0.3, -0.25) is 4.79 Å². The highest BCUT2D eigenvalue weighted by molar-refractivity contribution is 7.89. The van der Waals surface area contributed by atoms with Gasteiger partial charge in [0.1, 0.15) is 5.82 Å². The molecule has 1 amide bonds. The highest BCUT2D eigenvalue weighted by Crippen LogP contribution is 2.18. The Morgan fingerprint density at radius 1 is 1.50 bits per heavy atom. The van der Waals surface area contributed by atoms with Gasteiger partial charge in [-0.05, 0) is 30.9 Å². The topological polar surface area (TPSA) is 92.8 Å². The molecule has 0 aliphatic carbocycles. The van der Waals surface area contributed by atoms with E-state index in [2.05, 4.69) is 4.40 Å². The van der Waals surface area contributed by atoms with Gasteiger partial charge in [-0.25, -0.2) is 12.8 Å². The van der Waals surface area contributed by atoms with Crippen molar-refractivity contribution in [3.8, 4) is 0 Å². The number of rotatable bonds is 6. The van der Waals surface area contributed by atoms with Crippen LogP contribution in [0.4, 0.5) is 4.39 Å². The molecular formula is C16H22FN3O3S. The van der Waals surface area contributed by atoms with Crippen LogP contribution >= 0.6 is 0 Å². The lowest BCUT2D eigenvalue weighted by molar-refractivity contribution is -0.131. The molecule has 0 aromatic heterocycles. The Hall–Kier alpha value is -1.80. The molecule has 0 radical (unpaired) electrons. The molecule has 2 N–H and O–H groups in total. The molecule has 2 atom stereocenters. The van der Waals surface area contributed by atoms with Gasteiger partial charge >= 0.3 is 0 Å². The monoisotopic (exact) mass is 355 g/mol. The summed E-state index contributed by atoms with van der Waals surface area (Å²) in [5.41, 5.74) is 6.47. The number of hydrogen-bond acceptors (Lipinski definition) is 4. The summed E-state index contributed by atoms with van der Waals surface area (Å²) in [4.78, 5) is 14.0. The number of likely N-dealkylation sites (tertiary alicyclic amines) is 1. The van der Waals surface area contributed by atoms with Crippen LogP contribution in [0, 0.1) is 5.82 Å². The van der Waals surface area contributed by atoms with E-state index < -0.39 is 16.1 Å². The Morgan fingerprint density at radius 2 is 2.21 bits per heavy atom. The largest absolute Gasteiger partial charge is 0.335 e. The third kappa shape index (κ3) is 5.38. The van der Waals surface area contributed by atoms with Gasteiger partial charge < -0.3 is 10.6 Å². The Morgan fingerprint density at radius 3 is 2.88 bits per heavy atom. The summed E-state index contributed by atoms with van der Waals surface area (Å²) in [5, 5.41) is 0. The van der Waals surface area contributed by atoms with Gasteiger partial charge in [-0.15, -0.1) is 0 Å². The average Bonchev–Trinajstić information content (AvgIpc) is 2.95. The van der Waals surface area contributed by atoms with Gasteiger partial charge in [-0.1, -0.05) is 18.2 Å². The molecule has 0 unspecified atom stereocenters. The summed E-state index contributed by atoms with van der Waals surface area (Å²) in [6, 6.07) is 5.52. The highest BCUT2D eigenvalue weighted by atomic mass is 32.2. The molecule has 0 spiro atoms. The van der Waals surface area contributed by atoms with E-state index in [-0.39, 0.29) is 30.6 Å². The number of amides is 1. The number of carbonyl (C=O) groups excluding carboxylic acids is 1. The van der Waals surface area contributed by atoms with Gasteiger partial charge in [0.15, 0.2) is 0 Å². The minimum atomic E-state index is -3.46. The highest BCUT2D eigenvalue weighted by Gasteiger charge is 2.28. The van der Waals surface area contributed by atoms with Crippen molar-refractivity contribution in [2.45, 2.75) is 37.8 Å². The van der Waals surface area contributed by atoms with Crippen molar-refractivity contribution in [3.05, 3.63) is 35.6 Å². The van der Waals surface area contributed by atoms with Gasteiger partial charge in [0.05, 0.1) is 12.3 Å². The number of carbonyl (C=O) groups is 1. The van der Waals surface area contributed by atoms with Crippen LogP contribution in [0.5, 0.6) is 0 Å². The smallest absolute Gasteiger partial charge is 0.249 e. The van der Waals surface area contributed by atoms with Crippen LogP contribution in [0.25, 0.3) is 0 Å². The molecule has 1 aliphatic heterocycles. The SMILES string of the molecule is CS(=O)(=O)/N=C/[C@@H]1CCCN1C(=O)C[C@H](N)Cc1ccccc1F.